The van der Waals surface area contributed by atoms with Gasteiger partial charge in [-0.05, 0) is 60.4 Å². The molecule has 2 heterocycles. The lowest BCUT2D eigenvalue weighted by Gasteiger charge is -2.09. The maximum atomic E-state index is 13.4. The summed E-state index contributed by atoms with van der Waals surface area (Å²) >= 11 is 0. The van der Waals surface area contributed by atoms with Crippen molar-refractivity contribution in [3.8, 4) is 11.5 Å². The molecule has 0 bridgehead atoms. The highest BCUT2D eigenvalue weighted by atomic mass is 19.1. The minimum atomic E-state index is -0.312. The summed E-state index contributed by atoms with van der Waals surface area (Å²) in [5.74, 6) is 0.849. The van der Waals surface area contributed by atoms with E-state index in [9.17, 15) is 9.18 Å². The number of ether oxygens (including phenoxy) is 3. The van der Waals surface area contributed by atoms with E-state index in [1.807, 2.05) is 18.2 Å². The van der Waals surface area contributed by atoms with Gasteiger partial charge in [-0.15, -0.1) is 0 Å². The molecule has 2 aliphatic rings. The van der Waals surface area contributed by atoms with Gasteiger partial charge in [0.2, 0.25) is 6.79 Å². The van der Waals surface area contributed by atoms with Gasteiger partial charge >= 0.3 is 5.97 Å². The van der Waals surface area contributed by atoms with Gasteiger partial charge in [-0.2, -0.15) is 0 Å². The number of cyclic esters (lactones) is 1. The van der Waals surface area contributed by atoms with Crippen LogP contribution in [0.3, 0.4) is 0 Å². The SMILES string of the molecule is Cc1cc(/C=C2\C(=O)OCC2Cc2ccc3c(c2)OCO3)ccc1F. The van der Waals surface area contributed by atoms with Gasteiger partial charge in [-0.1, -0.05) is 12.1 Å². The number of hydrogen-bond donors (Lipinski definition) is 0. The summed E-state index contributed by atoms with van der Waals surface area (Å²) in [6.45, 7) is 2.28. The van der Waals surface area contributed by atoms with Crippen LogP contribution in [-0.4, -0.2) is 19.4 Å². The molecule has 2 aliphatic heterocycles. The molecular weight excluding hydrogens is 323 g/mol. The van der Waals surface area contributed by atoms with E-state index in [-0.39, 0.29) is 24.5 Å². The van der Waals surface area contributed by atoms with Crippen LogP contribution in [0.1, 0.15) is 16.7 Å². The van der Waals surface area contributed by atoms with E-state index in [1.54, 1.807) is 25.1 Å². The van der Waals surface area contributed by atoms with Gasteiger partial charge in [0.05, 0.1) is 6.61 Å². The maximum absolute atomic E-state index is 13.4. The standard InChI is InChI=1S/C20H17FO4/c1-12-6-13(2-4-17(12)21)8-16-15(10-23-20(16)22)7-14-3-5-18-19(9-14)25-11-24-18/h2-6,8-9,15H,7,10-11H2,1H3/b16-8-. The molecule has 1 saturated heterocycles. The number of rotatable bonds is 3. The lowest BCUT2D eigenvalue weighted by molar-refractivity contribution is -0.135. The molecule has 4 rings (SSSR count). The van der Waals surface area contributed by atoms with Crippen LogP contribution in [0.5, 0.6) is 11.5 Å². The molecule has 2 aromatic rings. The summed E-state index contributed by atoms with van der Waals surface area (Å²) in [5.41, 5.74) is 3.01. The molecule has 1 fully saturated rings. The summed E-state index contributed by atoms with van der Waals surface area (Å²) in [6.07, 6.45) is 2.45. The van der Waals surface area contributed by atoms with Gasteiger partial charge in [0.15, 0.2) is 11.5 Å². The van der Waals surface area contributed by atoms with E-state index >= 15 is 0 Å². The third kappa shape index (κ3) is 3.09. The van der Waals surface area contributed by atoms with Crippen molar-refractivity contribution in [1.82, 2.24) is 0 Å². The molecule has 128 valence electrons. The first kappa shape index (κ1) is 15.7. The predicted molar refractivity (Wildman–Crippen MR) is 89.8 cm³/mol. The number of fused-ring (bicyclic) bond motifs is 1. The Balaban J connectivity index is 1.59. The first-order valence-corrected chi connectivity index (χ1v) is 8.13. The van der Waals surface area contributed by atoms with Gasteiger partial charge in [-0.3, -0.25) is 0 Å². The molecule has 0 radical (unpaired) electrons. The minimum Gasteiger partial charge on any atom is -0.462 e. The quantitative estimate of drug-likeness (QED) is 0.632. The fraction of sp³-hybridized carbons (Fsp3) is 0.250. The average Bonchev–Trinajstić information content (AvgIpc) is 3.19. The normalized spacial score (nSPS) is 20.2. The topological polar surface area (TPSA) is 44.8 Å². The molecule has 0 aliphatic carbocycles. The lowest BCUT2D eigenvalue weighted by atomic mass is 9.92. The molecule has 0 amide bonds. The first-order valence-electron chi connectivity index (χ1n) is 8.13. The zero-order valence-corrected chi connectivity index (χ0v) is 13.8. The lowest BCUT2D eigenvalue weighted by Crippen LogP contribution is -2.07. The van der Waals surface area contributed by atoms with Crippen LogP contribution in [0.2, 0.25) is 0 Å². The zero-order valence-electron chi connectivity index (χ0n) is 13.8. The van der Waals surface area contributed by atoms with Gasteiger partial charge in [0.1, 0.15) is 5.82 Å². The number of carbonyl (C=O) groups is 1. The number of carbonyl (C=O) groups excluding carboxylic acids is 1. The van der Waals surface area contributed by atoms with Crippen molar-refractivity contribution >= 4 is 12.0 Å². The maximum Gasteiger partial charge on any atom is 0.334 e. The van der Waals surface area contributed by atoms with Crippen molar-refractivity contribution in [3.63, 3.8) is 0 Å². The summed E-state index contributed by atoms with van der Waals surface area (Å²) in [6, 6.07) is 10.6. The first-order chi connectivity index (χ1) is 12.1. The van der Waals surface area contributed by atoms with E-state index in [2.05, 4.69) is 0 Å². The Kier molecular flexibility index (Phi) is 3.92. The number of benzene rings is 2. The third-order valence-electron chi connectivity index (χ3n) is 4.51. The van der Waals surface area contributed by atoms with E-state index in [1.165, 1.54) is 6.07 Å². The van der Waals surface area contributed by atoms with Crippen LogP contribution in [0, 0.1) is 18.7 Å². The second-order valence-corrected chi connectivity index (χ2v) is 6.30. The molecule has 0 aromatic heterocycles. The Bertz CT molecular complexity index is 872. The Morgan fingerprint density at radius 3 is 2.80 bits per heavy atom. The Morgan fingerprint density at radius 1 is 1.12 bits per heavy atom. The Hall–Kier alpha value is -2.82. The Labute approximate surface area is 144 Å². The van der Waals surface area contributed by atoms with Crippen LogP contribution < -0.4 is 9.47 Å². The predicted octanol–water partition coefficient (Wildman–Crippen LogP) is 3.66. The van der Waals surface area contributed by atoms with E-state index in [4.69, 9.17) is 14.2 Å². The fourth-order valence-electron chi connectivity index (χ4n) is 3.15. The smallest absolute Gasteiger partial charge is 0.334 e. The van der Waals surface area contributed by atoms with Gasteiger partial charge in [-0.25, -0.2) is 9.18 Å². The number of halogens is 1. The second-order valence-electron chi connectivity index (χ2n) is 6.30. The monoisotopic (exact) mass is 340 g/mol. The van der Waals surface area contributed by atoms with E-state index in [0.717, 1.165) is 22.6 Å². The highest BCUT2D eigenvalue weighted by Gasteiger charge is 2.31. The number of esters is 1. The van der Waals surface area contributed by atoms with Crippen molar-refractivity contribution in [2.45, 2.75) is 13.3 Å². The van der Waals surface area contributed by atoms with Crippen LogP contribution in [-0.2, 0) is 16.0 Å². The Morgan fingerprint density at radius 2 is 1.96 bits per heavy atom. The fourth-order valence-corrected chi connectivity index (χ4v) is 3.15. The van der Waals surface area contributed by atoms with E-state index < -0.39 is 0 Å². The molecule has 0 N–H and O–H groups in total. The molecule has 25 heavy (non-hydrogen) atoms. The van der Waals surface area contributed by atoms with Gasteiger partial charge in [0, 0.05) is 11.5 Å². The van der Waals surface area contributed by atoms with Crippen LogP contribution in [0.4, 0.5) is 4.39 Å². The summed E-state index contributed by atoms with van der Waals surface area (Å²) < 4.78 is 29.4. The number of hydrogen-bond acceptors (Lipinski definition) is 4. The molecular formula is C20H17FO4. The molecule has 1 atom stereocenters. The van der Waals surface area contributed by atoms with Crippen molar-refractivity contribution in [3.05, 3.63) is 64.5 Å². The van der Waals surface area contributed by atoms with Crippen LogP contribution in [0.15, 0.2) is 42.0 Å². The van der Waals surface area contributed by atoms with Crippen molar-refractivity contribution in [2.75, 3.05) is 13.4 Å². The average molecular weight is 340 g/mol. The number of aryl methyl sites for hydroxylation is 1. The molecule has 5 heteroatoms. The largest absolute Gasteiger partial charge is 0.462 e. The summed E-state index contributed by atoms with van der Waals surface area (Å²) in [4.78, 5) is 12.1. The molecule has 0 saturated carbocycles. The third-order valence-corrected chi connectivity index (χ3v) is 4.51. The molecule has 0 spiro atoms. The highest BCUT2D eigenvalue weighted by Crippen LogP contribution is 2.35. The molecule has 1 unspecified atom stereocenters. The van der Waals surface area contributed by atoms with Crippen LogP contribution >= 0.6 is 0 Å². The molecule has 2 aromatic carbocycles. The summed E-state index contributed by atoms with van der Waals surface area (Å²) in [7, 11) is 0. The van der Waals surface area contributed by atoms with Gasteiger partial charge < -0.3 is 14.2 Å². The van der Waals surface area contributed by atoms with E-state index in [0.29, 0.717) is 24.2 Å². The van der Waals surface area contributed by atoms with Gasteiger partial charge in [0.25, 0.3) is 0 Å². The zero-order chi connectivity index (χ0) is 17.4. The van der Waals surface area contributed by atoms with Crippen molar-refractivity contribution < 1.29 is 23.4 Å². The van der Waals surface area contributed by atoms with Crippen molar-refractivity contribution in [1.29, 1.82) is 0 Å². The summed E-state index contributed by atoms with van der Waals surface area (Å²) in [5, 5.41) is 0. The second kappa shape index (κ2) is 6.24. The minimum absolute atomic E-state index is 0.0433. The highest BCUT2D eigenvalue weighted by molar-refractivity contribution is 5.96. The van der Waals surface area contributed by atoms with Crippen molar-refractivity contribution in [2.24, 2.45) is 5.92 Å². The molecule has 4 nitrogen and oxygen atoms in total. The van der Waals surface area contributed by atoms with Crippen LogP contribution in [0.25, 0.3) is 6.08 Å².